The highest BCUT2D eigenvalue weighted by Crippen LogP contribution is 2.32. The van der Waals surface area contributed by atoms with Crippen molar-refractivity contribution in [3.05, 3.63) is 123 Å². The first-order chi connectivity index (χ1) is 17.9. The van der Waals surface area contributed by atoms with Gasteiger partial charge in [0.25, 0.3) is 0 Å². The number of hydrogen-bond acceptors (Lipinski definition) is 5. The van der Waals surface area contributed by atoms with Crippen molar-refractivity contribution in [3.63, 3.8) is 0 Å². The Kier molecular flexibility index (Phi) is 7.04. The Bertz CT molecular complexity index is 1440. The Morgan fingerprint density at radius 2 is 1.38 bits per heavy atom. The van der Waals surface area contributed by atoms with Gasteiger partial charge in [0, 0.05) is 42.8 Å². The molecule has 8 heteroatoms. The van der Waals surface area contributed by atoms with E-state index in [4.69, 9.17) is 16.0 Å². The van der Waals surface area contributed by atoms with Gasteiger partial charge in [0.15, 0.2) is 5.56 Å². The summed E-state index contributed by atoms with van der Waals surface area (Å²) in [7, 11) is 0. The Morgan fingerprint density at radius 3 is 1.89 bits per heavy atom. The summed E-state index contributed by atoms with van der Waals surface area (Å²) in [5.74, 6) is -0.293. The number of anilines is 1. The van der Waals surface area contributed by atoms with Crippen LogP contribution in [0.1, 0.15) is 22.7 Å². The summed E-state index contributed by atoms with van der Waals surface area (Å²) in [4.78, 5) is 16.9. The Balaban J connectivity index is 1.44. The Labute approximate surface area is 217 Å². The average Bonchev–Trinajstić information content (AvgIpc) is 2.91. The molecule has 0 atom stereocenters. The van der Waals surface area contributed by atoms with Crippen molar-refractivity contribution in [1.29, 1.82) is 5.26 Å². The van der Waals surface area contributed by atoms with E-state index in [1.165, 1.54) is 24.3 Å². The van der Waals surface area contributed by atoms with Crippen LogP contribution in [0.2, 0.25) is 5.02 Å². The summed E-state index contributed by atoms with van der Waals surface area (Å²) < 4.78 is 32.7. The summed E-state index contributed by atoms with van der Waals surface area (Å²) in [6.45, 7) is 2.27. The molecule has 0 saturated carbocycles. The van der Waals surface area contributed by atoms with E-state index in [1.807, 2.05) is 11.0 Å². The minimum Gasteiger partial charge on any atom is -0.422 e. The van der Waals surface area contributed by atoms with Gasteiger partial charge in [-0.3, -0.25) is 4.90 Å². The minimum atomic E-state index is -0.692. The van der Waals surface area contributed by atoms with Crippen molar-refractivity contribution < 1.29 is 13.2 Å². The lowest BCUT2D eigenvalue weighted by Crippen LogP contribution is -2.48. The van der Waals surface area contributed by atoms with Gasteiger partial charge in [-0.15, -0.1) is 0 Å². The van der Waals surface area contributed by atoms with Gasteiger partial charge in [0.05, 0.1) is 11.7 Å². The summed E-state index contributed by atoms with van der Waals surface area (Å²) in [6.07, 6.45) is 0. The van der Waals surface area contributed by atoms with Crippen molar-refractivity contribution in [3.8, 4) is 17.4 Å². The molecular weight excluding hydrogens is 496 g/mol. The molecule has 1 aliphatic heterocycles. The van der Waals surface area contributed by atoms with E-state index in [1.54, 1.807) is 54.6 Å². The normalized spacial score (nSPS) is 14.1. The molecule has 186 valence electrons. The van der Waals surface area contributed by atoms with Crippen LogP contribution in [0.25, 0.3) is 11.3 Å². The zero-order valence-corrected chi connectivity index (χ0v) is 20.5. The number of benzene rings is 3. The summed E-state index contributed by atoms with van der Waals surface area (Å²) in [6, 6.07) is 23.1. The molecule has 5 nitrogen and oxygen atoms in total. The quantitative estimate of drug-likeness (QED) is 0.324. The van der Waals surface area contributed by atoms with Crippen LogP contribution in [-0.4, -0.2) is 31.1 Å². The fraction of sp³-hybridized carbons (Fsp3) is 0.172. The predicted molar refractivity (Wildman–Crippen MR) is 139 cm³/mol. The Hall–Kier alpha value is -3.99. The highest BCUT2D eigenvalue weighted by Gasteiger charge is 2.28. The van der Waals surface area contributed by atoms with E-state index in [-0.39, 0.29) is 23.2 Å². The molecule has 5 rings (SSSR count). The van der Waals surface area contributed by atoms with E-state index in [2.05, 4.69) is 4.90 Å². The first kappa shape index (κ1) is 24.7. The van der Waals surface area contributed by atoms with E-state index in [0.29, 0.717) is 48.2 Å². The average molecular weight is 518 g/mol. The first-order valence-corrected chi connectivity index (χ1v) is 12.1. The standard InChI is InChI=1S/C29H22ClF2N3O2/c30-22-7-1-19(2-8-22)27-17-26(25(18-33)29(36)37-27)34-13-15-35(16-14-34)28(20-3-9-23(31)10-4-20)21-5-11-24(32)12-6-21/h1-12,17,28H,13-16H2. The lowest BCUT2D eigenvalue weighted by molar-refractivity contribution is 0.212. The largest absolute Gasteiger partial charge is 0.422 e. The molecule has 0 unspecified atom stereocenters. The molecule has 1 aromatic heterocycles. The van der Waals surface area contributed by atoms with Crippen molar-refractivity contribution >= 4 is 17.3 Å². The molecule has 1 saturated heterocycles. The third-order valence-corrected chi connectivity index (χ3v) is 6.81. The molecule has 0 spiro atoms. The van der Waals surface area contributed by atoms with Gasteiger partial charge in [-0.05, 0) is 59.7 Å². The van der Waals surface area contributed by atoms with Crippen LogP contribution < -0.4 is 10.5 Å². The molecule has 37 heavy (non-hydrogen) atoms. The SMILES string of the molecule is N#Cc1c(N2CCN(C(c3ccc(F)cc3)c3ccc(F)cc3)CC2)cc(-c2ccc(Cl)cc2)oc1=O. The van der Waals surface area contributed by atoms with Crippen LogP contribution in [0.5, 0.6) is 0 Å². The van der Waals surface area contributed by atoms with Crippen LogP contribution in [0.4, 0.5) is 14.5 Å². The molecule has 3 aromatic carbocycles. The molecular formula is C29H22ClF2N3O2. The second-order valence-electron chi connectivity index (χ2n) is 8.81. The van der Waals surface area contributed by atoms with Gasteiger partial charge in [-0.2, -0.15) is 5.26 Å². The molecule has 0 bridgehead atoms. The number of piperazine rings is 1. The summed E-state index contributed by atoms with van der Waals surface area (Å²) >= 11 is 5.99. The maximum Gasteiger partial charge on any atom is 0.356 e. The van der Waals surface area contributed by atoms with Gasteiger partial charge < -0.3 is 9.32 Å². The fourth-order valence-electron chi connectivity index (χ4n) is 4.72. The highest BCUT2D eigenvalue weighted by atomic mass is 35.5. The summed E-state index contributed by atoms with van der Waals surface area (Å²) in [5, 5.41) is 10.2. The number of nitrogens with zero attached hydrogens (tertiary/aromatic N) is 3. The zero-order chi connectivity index (χ0) is 25.9. The molecule has 0 amide bonds. The molecule has 0 N–H and O–H groups in total. The molecule has 1 aliphatic rings. The van der Waals surface area contributed by atoms with Crippen molar-refractivity contribution in [1.82, 2.24) is 4.90 Å². The molecule has 0 radical (unpaired) electrons. The molecule has 2 heterocycles. The fourth-order valence-corrected chi connectivity index (χ4v) is 4.84. The first-order valence-electron chi connectivity index (χ1n) is 11.8. The van der Waals surface area contributed by atoms with Gasteiger partial charge in [-0.25, -0.2) is 13.6 Å². The number of halogens is 3. The number of nitriles is 1. The van der Waals surface area contributed by atoms with Crippen LogP contribution in [0.3, 0.4) is 0 Å². The lowest BCUT2D eigenvalue weighted by Gasteiger charge is -2.40. The maximum absolute atomic E-state index is 13.6. The molecule has 0 aliphatic carbocycles. The molecule has 4 aromatic rings. The van der Waals surface area contributed by atoms with Crippen LogP contribution in [0.15, 0.2) is 88.1 Å². The van der Waals surface area contributed by atoms with Gasteiger partial charge in [-0.1, -0.05) is 35.9 Å². The third kappa shape index (κ3) is 5.26. The number of rotatable bonds is 5. The van der Waals surface area contributed by atoms with Gasteiger partial charge in [0.1, 0.15) is 23.5 Å². The maximum atomic E-state index is 13.6. The topological polar surface area (TPSA) is 60.5 Å². The summed E-state index contributed by atoms with van der Waals surface area (Å²) in [5.41, 5.74) is 2.25. The third-order valence-electron chi connectivity index (χ3n) is 6.56. The second kappa shape index (κ2) is 10.6. The second-order valence-corrected chi connectivity index (χ2v) is 9.24. The van der Waals surface area contributed by atoms with Crippen LogP contribution in [0, 0.1) is 23.0 Å². The predicted octanol–water partition coefficient (Wildman–Crippen LogP) is 6.02. The van der Waals surface area contributed by atoms with Crippen LogP contribution >= 0.6 is 11.6 Å². The van der Waals surface area contributed by atoms with E-state index < -0.39 is 5.63 Å². The number of hydrogen-bond donors (Lipinski definition) is 0. The zero-order valence-electron chi connectivity index (χ0n) is 19.7. The van der Waals surface area contributed by atoms with Crippen molar-refractivity contribution in [2.45, 2.75) is 6.04 Å². The Morgan fingerprint density at radius 1 is 0.838 bits per heavy atom. The van der Waals surface area contributed by atoms with Crippen molar-refractivity contribution in [2.24, 2.45) is 0 Å². The van der Waals surface area contributed by atoms with Gasteiger partial charge >= 0.3 is 5.63 Å². The van der Waals surface area contributed by atoms with Gasteiger partial charge in [0.2, 0.25) is 0 Å². The van der Waals surface area contributed by atoms with E-state index in [9.17, 15) is 18.8 Å². The smallest absolute Gasteiger partial charge is 0.356 e. The highest BCUT2D eigenvalue weighted by molar-refractivity contribution is 6.30. The van der Waals surface area contributed by atoms with Crippen LogP contribution in [-0.2, 0) is 0 Å². The minimum absolute atomic E-state index is 0.0419. The monoisotopic (exact) mass is 517 g/mol. The van der Waals surface area contributed by atoms with E-state index >= 15 is 0 Å². The lowest BCUT2D eigenvalue weighted by atomic mass is 9.96. The van der Waals surface area contributed by atoms with E-state index in [0.717, 1.165) is 11.1 Å². The molecule has 1 fully saturated rings. The van der Waals surface area contributed by atoms with Crippen molar-refractivity contribution in [2.75, 3.05) is 31.1 Å².